The quantitative estimate of drug-likeness (QED) is 0.464. The van der Waals surface area contributed by atoms with E-state index in [2.05, 4.69) is 30.2 Å². The fraction of sp³-hybridized carbons (Fsp3) is 0. The Bertz CT molecular complexity index is 1380. The van der Waals surface area contributed by atoms with Gasteiger partial charge in [-0.15, -0.1) is 0 Å². The van der Waals surface area contributed by atoms with Crippen LogP contribution >= 0.6 is 12.2 Å². The number of pyridine rings is 1. The van der Waals surface area contributed by atoms with Gasteiger partial charge in [0.15, 0.2) is 0 Å². The molecule has 0 aliphatic heterocycles. The van der Waals surface area contributed by atoms with Crippen LogP contribution in [0.2, 0.25) is 0 Å². The SMILES string of the molecule is O=c1c2c(-c3ccccc3)n3ncnc3nc2ccn1-c1nc(=S)[nH][nH]1. The molecule has 5 rings (SSSR count). The van der Waals surface area contributed by atoms with Crippen LogP contribution in [0.25, 0.3) is 33.9 Å². The molecular formula is C16H10N8OS. The van der Waals surface area contributed by atoms with Crippen LogP contribution in [-0.2, 0) is 0 Å². The highest BCUT2D eigenvalue weighted by atomic mass is 32.1. The van der Waals surface area contributed by atoms with Gasteiger partial charge in [-0.25, -0.2) is 4.98 Å². The van der Waals surface area contributed by atoms with Crippen LogP contribution in [0.15, 0.2) is 53.7 Å². The first-order valence-electron chi connectivity index (χ1n) is 7.68. The Morgan fingerprint density at radius 1 is 1.04 bits per heavy atom. The van der Waals surface area contributed by atoms with E-state index in [1.807, 2.05) is 30.3 Å². The van der Waals surface area contributed by atoms with Gasteiger partial charge in [0.25, 0.3) is 11.3 Å². The predicted molar refractivity (Wildman–Crippen MR) is 96.7 cm³/mol. The zero-order valence-corrected chi connectivity index (χ0v) is 13.9. The van der Waals surface area contributed by atoms with Crippen LogP contribution in [-0.4, -0.2) is 39.3 Å². The Labute approximate surface area is 150 Å². The predicted octanol–water partition coefficient (Wildman–Crippen LogP) is 1.88. The summed E-state index contributed by atoms with van der Waals surface area (Å²) in [6.45, 7) is 0. The van der Waals surface area contributed by atoms with Crippen LogP contribution < -0.4 is 5.56 Å². The maximum Gasteiger partial charge on any atom is 0.269 e. The number of hydrogen-bond donors (Lipinski definition) is 2. The van der Waals surface area contributed by atoms with E-state index in [0.29, 0.717) is 28.3 Å². The van der Waals surface area contributed by atoms with Gasteiger partial charge in [-0.2, -0.15) is 19.6 Å². The zero-order chi connectivity index (χ0) is 17.7. The minimum absolute atomic E-state index is 0.264. The lowest BCUT2D eigenvalue weighted by Crippen LogP contribution is -2.21. The summed E-state index contributed by atoms with van der Waals surface area (Å²) in [7, 11) is 0. The van der Waals surface area contributed by atoms with Crippen molar-refractivity contribution in [3.05, 3.63) is 64.0 Å². The third-order valence-corrected chi connectivity index (χ3v) is 4.23. The lowest BCUT2D eigenvalue weighted by Gasteiger charge is -2.10. The molecule has 10 heteroatoms. The summed E-state index contributed by atoms with van der Waals surface area (Å²) in [5.74, 6) is 0.729. The molecule has 0 radical (unpaired) electrons. The molecular weight excluding hydrogens is 352 g/mol. The van der Waals surface area contributed by atoms with Gasteiger partial charge >= 0.3 is 0 Å². The van der Waals surface area contributed by atoms with Crippen LogP contribution in [0, 0.1) is 4.77 Å². The molecule has 5 aromatic rings. The molecule has 0 aliphatic rings. The van der Waals surface area contributed by atoms with Crippen molar-refractivity contribution in [1.29, 1.82) is 0 Å². The smallest absolute Gasteiger partial charge is 0.269 e. The second-order valence-corrected chi connectivity index (χ2v) is 5.93. The third-order valence-electron chi connectivity index (χ3n) is 4.03. The Morgan fingerprint density at radius 3 is 2.65 bits per heavy atom. The Balaban J connectivity index is 1.96. The van der Waals surface area contributed by atoms with Crippen molar-refractivity contribution in [3.8, 4) is 17.2 Å². The Hall–Kier alpha value is -3.66. The van der Waals surface area contributed by atoms with Crippen LogP contribution in [0.4, 0.5) is 0 Å². The first kappa shape index (κ1) is 14.7. The van der Waals surface area contributed by atoms with Crippen molar-refractivity contribution in [2.45, 2.75) is 0 Å². The summed E-state index contributed by atoms with van der Waals surface area (Å²) in [6, 6.07) is 11.3. The molecule has 26 heavy (non-hydrogen) atoms. The Kier molecular flexibility index (Phi) is 3.06. The summed E-state index contributed by atoms with van der Waals surface area (Å²) in [6.07, 6.45) is 3.01. The molecule has 2 N–H and O–H groups in total. The van der Waals surface area contributed by atoms with Gasteiger partial charge in [-0.3, -0.25) is 19.6 Å². The summed E-state index contributed by atoms with van der Waals surface area (Å²) >= 11 is 4.98. The number of rotatable bonds is 2. The van der Waals surface area contributed by atoms with Gasteiger partial charge < -0.3 is 0 Å². The monoisotopic (exact) mass is 362 g/mol. The van der Waals surface area contributed by atoms with Gasteiger partial charge in [0.2, 0.25) is 10.7 Å². The number of H-pyrrole nitrogens is 2. The van der Waals surface area contributed by atoms with E-state index >= 15 is 0 Å². The molecule has 4 heterocycles. The van der Waals surface area contributed by atoms with Gasteiger partial charge in [0.05, 0.1) is 16.6 Å². The molecule has 0 amide bonds. The number of aromatic amines is 2. The lowest BCUT2D eigenvalue weighted by atomic mass is 10.1. The average Bonchev–Trinajstić information content (AvgIpc) is 3.29. The second-order valence-electron chi connectivity index (χ2n) is 5.54. The summed E-state index contributed by atoms with van der Waals surface area (Å²) in [4.78, 5) is 26.0. The number of hydrogen-bond acceptors (Lipinski definition) is 6. The molecule has 0 aliphatic carbocycles. The molecule has 0 bridgehead atoms. The number of nitrogens with one attached hydrogen (secondary N) is 2. The molecule has 0 unspecified atom stereocenters. The first-order valence-corrected chi connectivity index (χ1v) is 8.09. The van der Waals surface area contributed by atoms with E-state index in [1.165, 1.54) is 10.9 Å². The van der Waals surface area contributed by atoms with Crippen molar-refractivity contribution < 1.29 is 0 Å². The van der Waals surface area contributed by atoms with E-state index in [1.54, 1.807) is 16.8 Å². The largest absolute Gasteiger partial charge is 0.272 e. The summed E-state index contributed by atoms with van der Waals surface area (Å²) < 4.78 is 3.21. The Morgan fingerprint density at radius 2 is 1.88 bits per heavy atom. The van der Waals surface area contributed by atoms with Crippen molar-refractivity contribution in [2.75, 3.05) is 0 Å². The maximum absolute atomic E-state index is 13.3. The molecule has 0 spiro atoms. The number of nitrogens with zero attached hydrogens (tertiary/aromatic N) is 6. The fourth-order valence-electron chi connectivity index (χ4n) is 2.93. The minimum Gasteiger partial charge on any atom is -0.272 e. The molecule has 0 saturated carbocycles. The number of benzene rings is 1. The molecule has 9 nitrogen and oxygen atoms in total. The fourth-order valence-corrected chi connectivity index (χ4v) is 3.07. The van der Waals surface area contributed by atoms with E-state index in [-0.39, 0.29) is 10.3 Å². The molecule has 0 atom stereocenters. The van der Waals surface area contributed by atoms with Gasteiger partial charge in [-0.1, -0.05) is 30.3 Å². The maximum atomic E-state index is 13.3. The van der Waals surface area contributed by atoms with Gasteiger partial charge in [0, 0.05) is 11.8 Å². The van der Waals surface area contributed by atoms with Crippen molar-refractivity contribution >= 4 is 28.9 Å². The summed E-state index contributed by atoms with van der Waals surface area (Å²) in [5, 5.41) is 10.1. The normalized spacial score (nSPS) is 11.4. The summed E-state index contributed by atoms with van der Waals surface area (Å²) in [5.41, 5.74) is 1.69. The van der Waals surface area contributed by atoms with Crippen LogP contribution in [0.3, 0.4) is 0 Å². The average molecular weight is 362 g/mol. The van der Waals surface area contributed by atoms with Gasteiger partial charge in [-0.05, 0) is 18.3 Å². The van der Waals surface area contributed by atoms with Crippen molar-refractivity contribution in [3.63, 3.8) is 0 Å². The highest BCUT2D eigenvalue weighted by molar-refractivity contribution is 7.71. The van der Waals surface area contributed by atoms with Gasteiger partial charge in [0.1, 0.15) is 6.33 Å². The zero-order valence-electron chi connectivity index (χ0n) is 13.1. The highest BCUT2D eigenvalue weighted by Crippen LogP contribution is 2.25. The first-order chi connectivity index (χ1) is 12.7. The van der Waals surface area contributed by atoms with E-state index in [0.717, 1.165) is 5.56 Å². The van der Waals surface area contributed by atoms with Crippen molar-refractivity contribution in [2.24, 2.45) is 0 Å². The van der Waals surface area contributed by atoms with E-state index in [4.69, 9.17) is 12.2 Å². The highest BCUT2D eigenvalue weighted by Gasteiger charge is 2.17. The molecule has 1 aromatic carbocycles. The van der Waals surface area contributed by atoms with Crippen LogP contribution in [0.5, 0.6) is 0 Å². The molecule has 0 fully saturated rings. The van der Waals surface area contributed by atoms with E-state index < -0.39 is 0 Å². The third kappa shape index (κ3) is 2.09. The number of fused-ring (bicyclic) bond motifs is 2. The number of aromatic nitrogens is 8. The van der Waals surface area contributed by atoms with E-state index in [9.17, 15) is 4.79 Å². The standard InChI is InChI=1S/C16H10N8OS/c25-13-11-10(6-7-23(13)15-20-16(26)22-21-15)19-14-17-8-18-24(14)12(11)9-4-2-1-3-5-9/h1-8H,(H2,20,21,22,26). The molecule has 4 aromatic heterocycles. The minimum atomic E-state index is -0.288. The molecule has 0 saturated heterocycles. The lowest BCUT2D eigenvalue weighted by molar-refractivity contribution is 0.895. The molecule has 126 valence electrons. The topological polar surface area (TPSA) is 110 Å². The van der Waals surface area contributed by atoms with Crippen molar-refractivity contribution in [1.82, 2.24) is 39.3 Å². The second kappa shape index (κ2) is 5.43. The van der Waals surface area contributed by atoms with Crippen LogP contribution in [0.1, 0.15) is 0 Å².